The summed E-state index contributed by atoms with van der Waals surface area (Å²) in [5.41, 5.74) is 4.68. The van der Waals surface area contributed by atoms with Gasteiger partial charge in [0.2, 0.25) is 5.95 Å². The molecule has 0 radical (unpaired) electrons. The van der Waals surface area contributed by atoms with E-state index < -0.39 is 23.2 Å². The summed E-state index contributed by atoms with van der Waals surface area (Å²) < 4.78 is 41.6. The Morgan fingerprint density at radius 1 is 0.943 bits per heavy atom. The molecule has 3 aromatic carbocycles. The Hall–Kier alpha value is -6.12. The number of methoxy groups -OCH3 is 2. The number of hydrogen-bond donors (Lipinski definition) is 3. The molecule has 0 aliphatic carbocycles. The third-order valence-electron chi connectivity index (χ3n) is 9.23. The van der Waals surface area contributed by atoms with E-state index in [0.717, 1.165) is 56.1 Å². The van der Waals surface area contributed by atoms with E-state index in [4.69, 9.17) is 19.4 Å². The Balaban J connectivity index is 1.20. The highest BCUT2D eigenvalue weighted by Crippen LogP contribution is 2.37. The summed E-state index contributed by atoms with van der Waals surface area (Å²) in [7, 11) is 3.35. The average molecular weight is 721 g/mol. The summed E-state index contributed by atoms with van der Waals surface area (Å²) in [5.74, 6) is -2.20. The molecule has 0 spiro atoms. The standard InChI is InChI=1S/C39H38F2N8O4/c1-24-21-30(33(53-3)23-31(24)48-17-15-47(16-18-48)19-20-52-2)44-39-42-13-12-29(43-39)37-35(45-34-9-4-5-14-49(34)37)25-10-11-32(50)26(22-25)38(51)46-36-27(40)7-6-8-28(36)41/h4-14,21-23,50H,15-20H2,1-3H3,(H,46,51)(H,42,43,44). The van der Waals surface area contributed by atoms with Crippen molar-refractivity contribution in [2.75, 3.05) is 69.1 Å². The van der Waals surface area contributed by atoms with Crippen molar-refractivity contribution in [3.63, 3.8) is 0 Å². The van der Waals surface area contributed by atoms with E-state index >= 15 is 0 Å². The summed E-state index contributed by atoms with van der Waals surface area (Å²) >= 11 is 0. The summed E-state index contributed by atoms with van der Waals surface area (Å²) in [4.78, 5) is 32.2. The SMILES string of the molecule is COCCN1CCN(c2cc(OC)c(Nc3nccc(-c4c(-c5ccc(O)c(C(=O)Nc6c(F)cccc6F)c5)nc5ccccn45)n3)cc2C)CC1. The number of para-hydroxylation sites is 1. The van der Waals surface area contributed by atoms with Crippen molar-refractivity contribution >= 4 is 34.6 Å². The number of carbonyl (C=O) groups is 1. The zero-order valence-electron chi connectivity index (χ0n) is 29.4. The van der Waals surface area contributed by atoms with Crippen molar-refractivity contribution in [1.82, 2.24) is 24.3 Å². The summed E-state index contributed by atoms with van der Waals surface area (Å²) in [5, 5.41) is 16.2. The number of imidazole rings is 1. The molecular formula is C39H38F2N8O4. The van der Waals surface area contributed by atoms with Crippen molar-refractivity contribution < 1.29 is 28.2 Å². The summed E-state index contributed by atoms with van der Waals surface area (Å²) in [6.07, 6.45) is 3.47. The van der Waals surface area contributed by atoms with Gasteiger partial charge < -0.3 is 30.1 Å². The molecule has 0 saturated carbocycles. The second-order valence-corrected chi connectivity index (χ2v) is 12.6. The van der Waals surface area contributed by atoms with Crippen molar-refractivity contribution in [3.8, 4) is 34.1 Å². The predicted octanol–water partition coefficient (Wildman–Crippen LogP) is 6.52. The van der Waals surface area contributed by atoms with Crippen LogP contribution in [0.4, 0.5) is 31.8 Å². The smallest absolute Gasteiger partial charge is 0.259 e. The van der Waals surface area contributed by atoms with Crippen LogP contribution in [0.5, 0.6) is 11.5 Å². The molecule has 1 aliphatic rings. The fourth-order valence-electron chi connectivity index (χ4n) is 6.49. The molecule has 4 heterocycles. The molecule has 1 saturated heterocycles. The number of carbonyl (C=O) groups excluding carboxylic acids is 1. The molecule has 53 heavy (non-hydrogen) atoms. The molecule has 1 aliphatic heterocycles. The highest BCUT2D eigenvalue weighted by molar-refractivity contribution is 6.07. The largest absolute Gasteiger partial charge is 0.507 e. The topological polar surface area (TPSA) is 129 Å². The molecule has 3 N–H and O–H groups in total. The van der Waals surface area contributed by atoms with Gasteiger partial charge in [-0.15, -0.1) is 0 Å². The Kier molecular flexibility index (Phi) is 10.1. The number of phenols is 1. The number of pyridine rings is 1. The van der Waals surface area contributed by atoms with Crippen LogP contribution in [0.25, 0.3) is 28.3 Å². The minimum atomic E-state index is -0.944. The van der Waals surface area contributed by atoms with E-state index in [9.17, 15) is 18.7 Å². The maximum atomic E-state index is 14.3. The van der Waals surface area contributed by atoms with Gasteiger partial charge in [-0.05, 0) is 67.1 Å². The normalized spacial score (nSPS) is 13.3. The van der Waals surface area contributed by atoms with Gasteiger partial charge in [0.25, 0.3) is 5.91 Å². The predicted molar refractivity (Wildman–Crippen MR) is 199 cm³/mol. The van der Waals surface area contributed by atoms with Crippen LogP contribution in [-0.4, -0.2) is 88.8 Å². The zero-order valence-corrected chi connectivity index (χ0v) is 29.4. The van der Waals surface area contributed by atoms with Crippen LogP contribution in [0.1, 0.15) is 15.9 Å². The molecular weight excluding hydrogens is 682 g/mol. The highest BCUT2D eigenvalue weighted by Gasteiger charge is 2.23. The van der Waals surface area contributed by atoms with Gasteiger partial charge in [0.05, 0.1) is 42.0 Å². The number of anilines is 4. The number of benzene rings is 3. The van der Waals surface area contributed by atoms with E-state index in [1.54, 1.807) is 32.5 Å². The van der Waals surface area contributed by atoms with E-state index in [1.807, 2.05) is 40.9 Å². The van der Waals surface area contributed by atoms with Gasteiger partial charge in [0.1, 0.15) is 34.5 Å². The second kappa shape index (κ2) is 15.2. The Labute approximate surface area is 304 Å². The van der Waals surface area contributed by atoms with Gasteiger partial charge in [-0.3, -0.25) is 14.1 Å². The number of aromatic nitrogens is 4. The third-order valence-corrected chi connectivity index (χ3v) is 9.23. The number of amides is 1. The Morgan fingerprint density at radius 2 is 1.74 bits per heavy atom. The number of nitrogens with one attached hydrogen (secondary N) is 2. The Morgan fingerprint density at radius 3 is 2.49 bits per heavy atom. The van der Waals surface area contributed by atoms with Crippen molar-refractivity contribution in [3.05, 3.63) is 108 Å². The number of phenolic OH excluding ortho intramolecular Hbond substituents is 1. The highest BCUT2D eigenvalue weighted by atomic mass is 19.1. The molecule has 6 aromatic rings. The first-order valence-electron chi connectivity index (χ1n) is 17.0. The number of halogens is 2. The van der Waals surface area contributed by atoms with Gasteiger partial charge in [-0.2, -0.15) is 0 Å². The first kappa shape index (κ1) is 35.3. The lowest BCUT2D eigenvalue weighted by Gasteiger charge is -2.37. The number of hydrogen-bond acceptors (Lipinski definition) is 10. The number of piperazine rings is 1. The molecule has 14 heteroatoms. The molecule has 3 aromatic heterocycles. The van der Waals surface area contributed by atoms with E-state index in [-0.39, 0.29) is 11.3 Å². The number of ether oxygens (including phenoxy) is 2. The number of rotatable bonds is 11. The van der Waals surface area contributed by atoms with Crippen LogP contribution in [-0.2, 0) is 4.74 Å². The fraction of sp³-hybridized carbons (Fsp3) is 0.231. The Bertz CT molecular complexity index is 2270. The number of fused-ring (bicyclic) bond motifs is 1. The quantitative estimate of drug-likeness (QED) is 0.136. The fourth-order valence-corrected chi connectivity index (χ4v) is 6.49. The molecule has 272 valence electrons. The van der Waals surface area contributed by atoms with E-state index in [2.05, 4.69) is 32.3 Å². The lowest BCUT2D eigenvalue weighted by Crippen LogP contribution is -2.47. The van der Waals surface area contributed by atoms with E-state index in [0.29, 0.717) is 52.3 Å². The summed E-state index contributed by atoms with van der Waals surface area (Å²) in [6, 6.07) is 19.0. The van der Waals surface area contributed by atoms with Gasteiger partial charge in [0, 0.05) is 69.5 Å². The van der Waals surface area contributed by atoms with Crippen LogP contribution in [0.2, 0.25) is 0 Å². The maximum Gasteiger partial charge on any atom is 0.259 e. The monoisotopic (exact) mass is 720 g/mol. The average Bonchev–Trinajstić information content (AvgIpc) is 3.56. The lowest BCUT2D eigenvalue weighted by atomic mass is 10.0. The van der Waals surface area contributed by atoms with Crippen molar-refractivity contribution in [1.29, 1.82) is 0 Å². The minimum Gasteiger partial charge on any atom is -0.507 e. The number of nitrogens with zero attached hydrogens (tertiary/aromatic N) is 6. The molecule has 1 fully saturated rings. The molecule has 12 nitrogen and oxygen atoms in total. The third kappa shape index (κ3) is 7.32. The van der Waals surface area contributed by atoms with E-state index in [1.165, 1.54) is 18.2 Å². The lowest BCUT2D eigenvalue weighted by molar-refractivity contribution is 0.102. The van der Waals surface area contributed by atoms with Crippen LogP contribution in [0.15, 0.2) is 85.2 Å². The molecule has 0 unspecified atom stereocenters. The van der Waals surface area contributed by atoms with Crippen molar-refractivity contribution in [2.24, 2.45) is 0 Å². The van der Waals surface area contributed by atoms with Gasteiger partial charge in [0.15, 0.2) is 0 Å². The number of aromatic hydroxyl groups is 1. The van der Waals surface area contributed by atoms with Gasteiger partial charge in [-0.25, -0.2) is 23.7 Å². The summed E-state index contributed by atoms with van der Waals surface area (Å²) in [6.45, 7) is 7.38. The first-order chi connectivity index (χ1) is 25.7. The number of aryl methyl sites for hydroxylation is 1. The molecule has 0 bridgehead atoms. The van der Waals surface area contributed by atoms with Crippen LogP contribution in [0.3, 0.4) is 0 Å². The van der Waals surface area contributed by atoms with Crippen molar-refractivity contribution in [2.45, 2.75) is 6.92 Å². The molecule has 0 atom stereocenters. The maximum absolute atomic E-state index is 14.3. The second-order valence-electron chi connectivity index (χ2n) is 12.6. The van der Waals surface area contributed by atoms with Crippen LogP contribution in [0, 0.1) is 18.6 Å². The minimum absolute atomic E-state index is 0.197. The van der Waals surface area contributed by atoms with Crippen LogP contribution >= 0.6 is 0 Å². The van der Waals surface area contributed by atoms with Gasteiger partial charge >= 0.3 is 0 Å². The first-order valence-corrected chi connectivity index (χ1v) is 17.0. The zero-order chi connectivity index (χ0) is 37.1. The van der Waals surface area contributed by atoms with Crippen LogP contribution < -0.4 is 20.3 Å². The van der Waals surface area contributed by atoms with Gasteiger partial charge in [-0.1, -0.05) is 12.1 Å². The molecule has 7 rings (SSSR count). The molecule has 1 amide bonds.